The minimum Gasteiger partial charge on any atom is -0.355 e. The van der Waals surface area contributed by atoms with E-state index in [4.69, 9.17) is 16.6 Å². The molecule has 0 saturated heterocycles. The van der Waals surface area contributed by atoms with Gasteiger partial charge >= 0.3 is 0 Å². The molecule has 3 aromatic rings. The van der Waals surface area contributed by atoms with Crippen molar-refractivity contribution in [2.24, 2.45) is 4.99 Å². The molecule has 2 aromatic carbocycles. The normalized spacial score (nSPS) is 15.7. The zero-order chi connectivity index (χ0) is 20.0. The fourth-order valence-electron chi connectivity index (χ4n) is 3.70. The molecule has 0 unspecified atom stereocenters. The van der Waals surface area contributed by atoms with Gasteiger partial charge in [-0.15, -0.1) is 0 Å². The van der Waals surface area contributed by atoms with Crippen LogP contribution in [0.25, 0.3) is 11.3 Å². The summed E-state index contributed by atoms with van der Waals surface area (Å²) in [6.45, 7) is 0.598. The summed E-state index contributed by atoms with van der Waals surface area (Å²) in [5.41, 5.74) is 6.27. The Kier molecular flexibility index (Phi) is 4.47. The average Bonchev–Trinajstić information content (AvgIpc) is 3.60. The van der Waals surface area contributed by atoms with Crippen LogP contribution in [-0.4, -0.2) is 36.6 Å². The highest BCUT2D eigenvalue weighted by Gasteiger charge is 2.25. The number of fused-ring (bicyclic) bond motifs is 1. The summed E-state index contributed by atoms with van der Waals surface area (Å²) in [4.78, 5) is 18.3. The molecular formula is C23H22ClN5. The maximum Gasteiger partial charge on any atom is 0.139 e. The quantitative estimate of drug-likeness (QED) is 0.619. The molecule has 2 aliphatic rings. The summed E-state index contributed by atoms with van der Waals surface area (Å²) in [7, 11) is 4.07. The fraction of sp³-hybridized carbons (Fsp3) is 0.261. The maximum absolute atomic E-state index is 6.22. The molecule has 0 N–H and O–H groups in total. The van der Waals surface area contributed by atoms with E-state index < -0.39 is 0 Å². The van der Waals surface area contributed by atoms with Gasteiger partial charge in [0, 0.05) is 48.0 Å². The Morgan fingerprint density at radius 1 is 1.07 bits per heavy atom. The van der Waals surface area contributed by atoms with Crippen molar-refractivity contribution in [2.75, 3.05) is 30.6 Å². The third-order valence-electron chi connectivity index (χ3n) is 5.56. The first-order chi connectivity index (χ1) is 14.1. The molecule has 2 heterocycles. The van der Waals surface area contributed by atoms with Crippen LogP contribution in [-0.2, 0) is 0 Å². The van der Waals surface area contributed by atoms with Gasteiger partial charge in [0.15, 0.2) is 0 Å². The number of halogens is 1. The Balaban J connectivity index is 1.46. The van der Waals surface area contributed by atoms with Crippen molar-refractivity contribution in [1.29, 1.82) is 0 Å². The first-order valence-electron chi connectivity index (χ1n) is 9.82. The molecule has 1 saturated carbocycles. The Hall–Kier alpha value is -2.92. The van der Waals surface area contributed by atoms with Crippen LogP contribution in [0.15, 0.2) is 59.9 Å². The summed E-state index contributed by atoms with van der Waals surface area (Å²) in [6.07, 6.45) is 6.28. The van der Waals surface area contributed by atoms with Crippen molar-refractivity contribution < 1.29 is 0 Å². The van der Waals surface area contributed by atoms with Crippen molar-refractivity contribution in [2.45, 2.75) is 18.8 Å². The highest BCUT2D eigenvalue weighted by Crippen LogP contribution is 2.38. The lowest BCUT2D eigenvalue weighted by Crippen LogP contribution is -2.35. The van der Waals surface area contributed by atoms with E-state index in [0.29, 0.717) is 12.6 Å². The molecule has 1 aromatic heterocycles. The van der Waals surface area contributed by atoms with Gasteiger partial charge in [-0.1, -0.05) is 23.7 Å². The summed E-state index contributed by atoms with van der Waals surface area (Å²) in [5.74, 6) is 1.55. The van der Waals surface area contributed by atoms with Gasteiger partial charge in [0.2, 0.25) is 0 Å². The minimum absolute atomic E-state index is 0.598. The number of anilines is 2. The van der Waals surface area contributed by atoms with Crippen molar-refractivity contribution in [3.8, 4) is 11.3 Å². The molecule has 1 fully saturated rings. The zero-order valence-electron chi connectivity index (χ0n) is 16.5. The number of aromatic nitrogens is 2. The minimum atomic E-state index is 0.598. The van der Waals surface area contributed by atoms with E-state index in [-0.39, 0.29) is 0 Å². The van der Waals surface area contributed by atoms with Crippen LogP contribution in [0.2, 0.25) is 5.02 Å². The molecule has 5 nitrogen and oxygen atoms in total. The predicted octanol–water partition coefficient (Wildman–Crippen LogP) is 4.96. The van der Waals surface area contributed by atoms with Crippen LogP contribution in [0, 0.1) is 0 Å². The fourth-order valence-corrected chi connectivity index (χ4v) is 3.87. The third kappa shape index (κ3) is 3.47. The van der Waals surface area contributed by atoms with Crippen LogP contribution in [0.1, 0.15) is 30.0 Å². The Labute approximate surface area is 175 Å². The summed E-state index contributed by atoms with van der Waals surface area (Å²) < 4.78 is 0. The van der Waals surface area contributed by atoms with Crippen LogP contribution in [0.5, 0.6) is 0 Å². The highest BCUT2D eigenvalue weighted by atomic mass is 35.5. The van der Waals surface area contributed by atoms with E-state index in [2.05, 4.69) is 44.0 Å². The second-order valence-electron chi connectivity index (χ2n) is 7.69. The molecule has 5 rings (SSSR count). The number of hydrogen-bond donors (Lipinski definition) is 0. The Morgan fingerprint density at radius 3 is 2.69 bits per heavy atom. The van der Waals surface area contributed by atoms with Gasteiger partial charge in [0.1, 0.15) is 12.5 Å². The van der Waals surface area contributed by atoms with Crippen molar-refractivity contribution >= 4 is 28.8 Å². The van der Waals surface area contributed by atoms with Crippen LogP contribution >= 0.6 is 11.6 Å². The molecule has 0 atom stereocenters. The monoisotopic (exact) mass is 403 g/mol. The number of benzene rings is 2. The zero-order valence-corrected chi connectivity index (χ0v) is 17.3. The summed E-state index contributed by atoms with van der Waals surface area (Å²) in [5, 5.41) is 0.731. The van der Waals surface area contributed by atoms with E-state index in [0.717, 1.165) is 44.7 Å². The molecule has 0 radical (unpaired) electrons. The smallest absolute Gasteiger partial charge is 0.139 e. The average molecular weight is 404 g/mol. The van der Waals surface area contributed by atoms with Gasteiger partial charge in [-0.25, -0.2) is 4.99 Å². The molecule has 0 spiro atoms. The summed E-state index contributed by atoms with van der Waals surface area (Å²) in [6, 6.07) is 14.3. The lowest BCUT2D eigenvalue weighted by atomic mass is 10.1. The number of rotatable bonds is 3. The lowest BCUT2D eigenvalue weighted by molar-refractivity contribution is 0.908. The van der Waals surface area contributed by atoms with Crippen molar-refractivity contribution in [3.63, 3.8) is 0 Å². The van der Waals surface area contributed by atoms with Gasteiger partial charge in [-0.3, -0.25) is 9.97 Å². The number of hydrogen-bond acceptors (Lipinski definition) is 5. The van der Waals surface area contributed by atoms with Crippen LogP contribution < -0.4 is 9.80 Å². The topological polar surface area (TPSA) is 44.6 Å². The van der Waals surface area contributed by atoms with Crippen molar-refractivity contribution in [3.05, 3.63) is 71.1 Å². The number of aliphatic imine (C=N–C) groups is 1. The predicted molar refractivity (Wildman–Crippen MR) is 119 cm³/mol. The van der Waals surface area contributed by atoms with Crippen molar-refractivity contribution in [1.82, 2.24) is 9.97 Å². The SMILES string of the molecule is CN1CN=C(N(C)c2cccc(-c3cnc(C4CC4)cn3)c2)c2ccc(Cl)cc21. The van der Waals surface area contributed by atoms with Crippen LogP contribution in [0.4, 0.5) is 11.4 Å². The second kappa shape index (κ2) is 7.16. The third-order valence-corrected chi connectivity index (χ3v) is 5.79. The van der Waals surface area contributed by atoms with Gasteiger partial charge in [0.05, 0.1) is 23.3 Å². The lowest BCUT2D eigenvalue weighted by Gasteiger charge is -2.31. The molecule has 1 aliphatic heterocycles. The van der Waals surface area contributed by atoms with E-state index >= 15 is 0 Å². The summed E-state index contributed by atoms with van der Waals surface area (Å²) >= 11 is 6.22. The van der Waals surface area contributed by atoms with Gasteiger partial charge in [-0.05, 0) is 43.2 Å². The molecule has 1 aliphatic carbocycles. The molecule has 6 heteroatoms. The number of nitrogens with zero attached hydrogens (tertiary/aromatic N) is 5. The molecule has 0 bridgehead atoms. The molecular weight excluding hydrogens is 382 g/mol. The second-order valence-corrected chi connectivity index (χ2v) is 8.13. The Morgan fingerprint density at radius 2 is 1.93 bits per heavy atom. The van der Waals surface area contributed by atoms with E-state index in [1.54, 1.807) is 0 Å². The van der Waals surface area contributed by atoms with E-state index in [1.165, 1.54) is 12.8 Å². The van der Waals surface area contributed by atoms with Gasteiger partial charge < -0.3 is 9.80 Å². The first kappa shape index (κ1) is 18.1. The van der Waals surface area contributed by atoms with Gasteiger partial charge in [0.25, 0.3) is 0 Å². The highest BCUT2D eigenvalue weighted by molar-refractivity contribution is 6.31. The molecule has 0 amide bonds. The largest absolute Gasteiger partial charge is 0.355 e. The first-order valence-corrected chi connectivity index (χ1v) is 10.2. The van der Waals surface area contributed by atoms with Crippen LogP contribution in [0.3, 0.4) is 0 Å². The van der Waals surface area contributed by atoms with E-state index in [1.807, 2.05) is 44.7 Å². The molecule has 29 heavy (non-hydrogen) atoms. The standard InChI is InChI=1S/C23H22ClN5/c1-28-14-27-23(19-9-8-17(24)11-22(19)28)29(2)18-5-3-4-16(10-18)21-13-25-20(12-26-21)15-6-7-15/h3-5,8-13,15H,6-7,14H2,1-2H3. The maximum atomic E-state index is 6.22. The number of amidine groups is 1. The van der Waals surface area contributed by atoms with E-state index in [9.17, 15) is 0 Å². The Bertz CT molecular complexity index is 1090. The van der Waals surface area contributed by atoms with Gasteiger partial charge in [-0.2, -0.15) is 0 Å². The molecule has 146 valence electrons.